The second kappa shape index (κ2) is 19.3. The molecule has 0 saturated heterocycles. The van der Waals surface area contributed by atoms with Gasteiger partial charge in [0, 0.05) is 24.7 Å². The molecule has 1 atom stereocenters. The van der Waals surface area contributed by atoms with Crippen LogP contribution in [0, 0.1) is 12.8 Å². The normalized spacial score (nSPS) is 14.9. The van der Waals surface area contributed by atoms with Crippen LogP contribution in [0.15, 0.2) is 80.1 Å². The summed E-state index contributed by atoms with van der Waals surface area (Å²) in [6.07, 6.45) is 12.5. The largest absolute Gasteiger partial charge is 0.371 e. The number of rotatable bonds is 7. The third-order valence-corrected chi connectivity index (χ3v) is 8.49. The number of nitrogens with zero attached hydrogens (tertiary/aromatic N) is 1. The molecular weight excluding hydrogens is 494 g/mol. The topological polar surface area (TPSA) is 3.24 Å². The van der Waals surface area contributed by atoms with Crippen LogP contribution in [0.25, 0.3) is 5.57 Å². The molecule has 1 saturated carbocycles. The van der Waals surface area contributed by atoms with Gasteiger partial charge in [0.05, 0.1) is 0 Å². The van der Waals surface area contributed by atoms with Crippen LogP contribution in [-0.2, 0) is 19.4 Å². The lowest BCUT2D eigenvalue weighted by Gasteiger charge is -2.32. The molecule has 1 fully saturated rings. The summed E-state index contributed by atoms with van der Waals surface area (Å²) in [4.78, 5) is 2.39. The zero-order valence-electron chi connectivity index (χ0n) is 28.0. The van der Waals surface area contributed by atoms with Gasteiger partial charge in [-0.15, -0.1) is 6.58 Å². The molecule has 1 heteroatoms. The Hall–Kier alpha value is -2.80. The van der Waals surface area contributed by atoms with Crippen LogP contribution in [0.5, 0.6) is 0 Å². The first kappa shape index (κ1) is 36.2. The van der Waals surface area contributed by atoms with Gasteiger partial charge in [-0.25, -0.2) is 0 Å². The van der Waals surface area contributed by atoms with Gasteiger partial charge in [0.25, 0.3) is 0 Å². The molecule has 2 aromatic rings. The summed E-state index contributed by atoms with van der Waals surface area (Å²) in [6, 6.07) is 13.1. The van der Waals surface area contributed by atoms with Crippen molar-refractivity contribution >= 4 is 5.57 Å². The Balaban J connectivity index is 0.000000309. The summed E-state index contributed by atoms with van der Waals surface area (Å²) >= 11 is 0. The highest BCUT2D eigenvalue weighted by molar-refractivity contribution is 5.62. The Labute approximate surface area is 255 Å². The van der Waals surface area contributed by atoms with E-state index < -0.39 is 0 Å². The van der Waals surface area contributed by atoms with E-state index in [0.29, 0.717) is 5.92 Å². The lowest BCUT2D eigenvalue weighted by molar-refractivity contribution is 0.323. The van der Waals surface area contributed by atoms with Gasteiger partial charge in [0.2, 0.25) is 0 Å². The van der Waals surface area contributed by atoms with Crippen LogP contribution in [-0.4, -0.2) is 11.4 Å². The Bertz CT molecular complexity index is 1110. The molecule has 1 heterocycles. The van der Waals surface area contributed by atoms with Crippen molar-refractivity contribution in [1.29, 1.82) is 0 Å². The molecule has 1 nitrogen and oxygen atoms in total. The van der Waals surface area contributed by atoms with Crippen LogP contribution in [0.1, 0.15) is 126 Å². The molecular formula is C40H61N. The van der Waals surface area contributed by atoms with E-state index in [-0.39, 0.29) is 0 Å². The average molecular weight is 556 g/mol. The maximum absolute atomic E-state index is 4.06. The van der Waals surface area contributed by atoms with E-state index in [9.17, 15) is 0 Å². The zero-order valence-corrected chi connectivity index (χ0v) is 28.0. The molecule has 1 aliphatic carbocycles. The number of aryl methyl sites for hydroxylation is 1. The summed E-state index contributed by atoms with van der Waals surface area (Å²) < 4.78 is 0. The van der Waals surface area contributed by atoms with E-state index in [4.69, 9.17) is 0 Å². The lowest BCUT2D eigenvalue weighted by Crippen LogP contribution is -2.29. The van der Waals surface area contributed by atoms with E-state index in [0.717, 1.165) is 43.8 Å². The van der Waals surface area contributed by atoms with Crippen molar-refractivity contribution in [1.82, 2.24) is 4.90 Å². The second-order valence-electron chi connectivity index (χ2n) is 11.6. The first-order valence-electron chi connectivity index (χ1n) is 16.2. The summed E-state index contributed by atoms with van der Waals surface area (Å²) in [7, 11) is 0. The summed E-state index contributed by atoms with van der Waals surface area (Å²) in [6.45, 7) is 35.0. The van der Waals surface area contributed by atoms with Gasteiger partial charge in [-0.2, -0.15) is 0 Å². The number of hydrogen-bond donors (Lipinski definition) is 0. The SMILES string of the molecule is C=C(C)C1CCCCC1.C=C(C)N1CCc2ccc(C)c(CC)c2C1.C=CC(CC)c1cccc(C(=C)C)c1.CC. The smallest absolute Gasteiger partial charge is 0.0431 e. The van der Waals surface area contributed by atoms with Crippen molar-refractivity contribution < 1.29 is 0 Å². The molecule has 1 unspecified atom stereocenters. The molecule has 0 N–H and O–H groups in total. The van der Waals surface area contributed by atoms with Crippen molar-refractivity contribution in [2.24, 2.45) is 5.92 Å². The highest BCUT2D eigenvalue weighted by Crippen LogP contribution is 2.29. The van der Waals surface area contributed by atoms with Crippen LogP contribution in [0.4, 0.5) is 0 Å². The second-order valence-corrected chi connectivity index (χ2v) is 11.6. The molecule has 2 aliphatic rings. The van der Waals surface area contributed by atoms with Crippen molar-refractivity contribution in [2.45, 2.75) is 119 Å². The van der Waals surface area contributed by atoms with Crippen LogP contribution in [0.2, 0.25) is 0 Å². The van der Waals surface area contributed by atoms with Gasteiger partial charge in [-0.1, -0.05) is 120 Å². The number of fused-ring (bicyclic) bond motifs is 1. The zero-order chi connectivity index (χ0) is 30.9. The van der Waals surface area contributed by atoms with Crippen molar-refractivity contribution in [3.63, 3.8) is 0 Å². The van der Waals surface area contributed by atoms with E-state index in [1.807, 2.05) is 26.8 Å². The Morgan fingerprint density at radius 3 is 2.12 bits per heavy atom. The summed E-state index contributed by atoms with van der Waals surface area (Å²) in [5, 5.41) is 0. The Kier molecular flexibility index (Phi) is 17.1. The van der Waals surface area contributed by atoms with Crippen LogP contribution >= 0.6 is 0 Å². The summed E-state index contributed by atoms with van der Waals surface area (Å²) in [5.74, 6) is 1.33. The van der Waals surface area contributed by atoms with E-state index in [1.54, 1.807) is 16.7 Å². The molecule has 226 valence electrons. The van der Waals surface area contributed by atoms with Crippen LogP contribution in [0.3, 0.4) is 0 Å². The number of hydrogen-bond acceptors (Lipinski definition) is 1. The maximum atomic E-state index is 4.06. The molecule has 0 bridgehead atoms. The first-order valence-corrected chi connectivity index (χ1v) is 16.2. The Morgan fingerprint density at radius 2 is 1.63 bits per heavy atom. The van der Waals surface area contributed by atoms with E-state index in [1.165, 1.54) is 60.1 Å². The highest BCUT2D eigenvalue weighted by Gasteiger charge is 2.19. The molecule has 0 amide bonds. The summed E-state index contributed by atoms with van der Waals surface area (Å²) in [5.41, 5.74) is 12.3. The fourth-order valence-corrected chi connectivity index (χ4v) is 5.80. The van der Waals surface area contributed by atoms with E-state index >= 15 is 0 Å². The molecule has 4 rings (SSSR count). The predicted molar refractivity (Wildman–Crippen MR) is 187 cm³/mol. The quantitative estimate of drug-likeness (QED) is 0.307. The lowest BCUT2D eigenvalue weighted by atomic mass is 9.85. The maximum Gasteiger partial charge on any atom is 0.0431 e. The number of allylic oxidation sites excluding steroid dienone is 4. The van der Waals surface area contributed by atoms with E-state index in [2.05, 4.69) is 102 Å². The standard InChI is InChI=1S/C15H21N.C14H18.C9H16.C2H6/c1-5-14-12(4)6-7-13-8-9-16(11(2)3)10-15(13)14;1-5-12(6-2)14-9-7-8-13(10-14)11(3)4;1-8(2)9-6-4-3-5-7-9;1-2/h6-7H,2,5,8-10H2,1,3-4H3;5,7-10,12H,1,3,6H2,2,4H3;9H,1,3-7H2,2H3;1-2H3. The number of benzene rings is 2. The third-order valence-electron chi connectivity index (χ3n) is 8.49. The highest BCUT2D eigenvalue weighted by atomic mass is 15.1. The fraction of sp³-hybridized carbons (Fsp3) is 0.500. The van der Waals surface area contributed by atoms with Gasteiger partial charge in [0.15, 0.2) is 0 Å². The van der Waals surface area contributed by atoms with Crippen molar-refractivity contribution in [3.05, 3.63) is 113 Å². The predicted octanol–water partition coefficient (Wildman–Crippen LogP) is 12.0. The fourth-order valence-electron chi connectivity index (χ4n) is 5.80. The molecule has 41 heavy (non-hydrogen) atoms. The van der Waals surface area contributed by atoms with Crippen molar-refractivity contribution in [2.75, 3.05) is 6.54 Å². The molecule has 0 radical (unpaired) electrons. The average Bonchev–Trinajstić information content (AvgIpc) is 2.99. The monoisotopic (exact) mass is 555 g/mol. The first-order chi connectivity index (χ1) is 19.6. The van der Waals surface area contributed by atoms with Crippen LogP contribution < -0.4 is 0 Å². The molecule has 0 aromatic heterocycles. The molecule has 2 aromatic carbocycles. The minimum Gasteiger partial charge on any atom is -0.371 e. The van der Waals surface area contributed by atoms with Gasteiger partial charge < -0.3 is 4.90 Å². The third kappa shape index (κ3) is 11.5. The minimum atomic E-state index is 0.467. The van der Waals surface area contributed by atoms with Gasteiger partial charge in [0.1, 0.15) is 0 Å². The van der Waals surface area contributed by atoms with Gasteiger partial charge >= 0.3 is 0 Å². The molecule has 0 spiro atoms. The van der Waals surface area contributed by atoms with Crippen molar-refractivity contribution in [3.8, 4) is 0 Å². The molecule has 1 aliphatic heterocycles. The Morgan fingerprint density at radius 1 is 0.976 bits per heavy atom. The minimum absolute atomic E-state index is 0.467. The van der Waals surface area contributed by atoms with Gasteiger partial charge in [-0.3, -0.25) is 0 Å². The van der Waals surface area contributed by atoms with Gasteiger partial charge in [-0.05, 0) is 99.1 Å².